The topological polar surface area (TPSA) is 81.5 Å². The number of carbonyl (C=O) groups excluding carboxylic acids is 1. The standard InChI is InChI=1S/C14H19FN2O4/c1-2-3-8-21-9-4-7-16-14(18)12-10-11(15)5-6-13(12)17(19)20/h5-6,10H,2-4,7-9H2,1H3,(H,16,18). The van der Waals surface area contributed by atoms with Crippen molar-refractivity contribution in [2.45, 2.75) is 26.2 Å². The molecule has 0 fully saturated rings. The molecule has 21 heavy (non-hydrogen) atoms. The molecule has 0 aliphatic rings. The summed E-state index contributed by atoms with van der Waals surface area (Å²) in [5.74, 6) is -1.34. The fourth-order valence-electron chi connectivity index (χ4n) is 1.67. The van der Waals surface area contributed by atoms with Crippen LogP contribution in [0.1, 0.15) is 36.5 Å². The third-order valence-electron chi connectivity index (χ3n) is 2.79. The average Bonchev–Trinajstić information content (AvgIpc) is 2.45. The molecule has 6 nitrogen and oxygen atoms in total. The van der Waals surface area contributed by atoms with Crippen molar-refractivity contribution in [3.63, 3.8) is 0 Å². The molecule has 1 N–H and O–H groups in total. The quantitative estimate of drug-likeness (QED) is 0.432. The molecule has 7 heteroatoms. The van der Waals surface area contributed by atoms with E-state index >= 15 is 0 Å². The summed E-state index contributed by atoms with van der Waals surface area (Å²) in [4.78, 5) is 21.9. The molecule has 0 spiro atoms. The summed E-state index contributed by atoms with van der Waals surface area (Å²) in [6, 6.07) is 2.81. The molecule has 0 radical (unpaired) electrons. The van der Waals surface area contributed by atoms with E-state index in [4.69, 9.17) is 4.74 Å². The summed E-state index contributed by atoms with van der Waals surface area (Å²) in [5, 5.41) is 13.3. The molecule has 116 valence electrons. The largest absolute Gasteiger partial charge is 0.381 e. The molecular formula is C14H19FN2O4. The van der Waals surface area contributed by atoms with Crippen LogP contribution in [0.2, 0.25) is 0 Å². The highest BCUT2D eigenvalue weighted by Crippen LogP contribution is 2.19. The van der Waals surface area contributed by atoms with Crippen LogP contribution < -0.4 is 5.32 Å². The molecule has 0 saturated heterocycles. The van der Waals surface area contributed by atoms with Crippen LogP contribution in [-0.4, -0.2) is 30.6 Å². The maximum atomic E-state index is 13.1. The summed E-state index contributed by atoms with van der Waals surface area (Å²) in [6.45, 7) is 3.57. The van der Waals surface area contributed by atoms with Gasteiger partial charge in [0.25, 0.3) is 11.6 Å². The smallest absolute Gasteiger partial charge is 0.282 e. The second-order valence-electron chi connectivity index (χ2n) is 4.49. The van der Waals surface area contributed by atoms with Crippen molar-refractivity contribution in [3.8, 4) is 0 Å². The second kappa shape index (κ2) is 9.02. The number of carbonyl (C=O) groups is 1. The number of rotatable bonds is 9. The maximum absolute atomic E-state index is 13.1. The van der Waals surface area contributed by atoms with Crippen LogP contribution in [0.4, 0.5) is 10.1 Å². The highest BCUT2D eigenvalue weighted by molar-refractivity contribution is 5.98. The van der Waals surface area contributed by atoms with Crippen molar-refractivity contribution in [2.24, 2.45) is 0 Å². The van der Waals surface area contributed by atoms with Crippen LogP contribution in [0.15, 0.2) is 18.2 Å². The molecule has 1 amide bonds. The number of halogens is 1. The van der Waals surface area contributed by atoms with E-state index in [1.807, 2.05) is 0 Å². The zero-order chi connectivity index (χ0) is 15.7. The number of hydrogen-bond acceptors (Lipinski definition) is 4. The highest BCUT2D eigenvalue weighted by atomic mass is 19.1. The first-order valence-electron chi connectivity index (χ1n) is 6.86. The first kappa shape index (κ1) is 17.0. The third kappa shape index (κ3) is 5.86. The molecule has 0 saturated carbocycles. The van der Waals surface area contributed by atoms with Gasteiger partial charge in [0.05, 0.1) is 4.92 Å². The first-order chi connectivity index (χ1) is 10.1. The van der Waals surface area contributed by atoms with Gasteiger partial charge >= 0.3 is 0 Å². The van der Waals surface area contributed by atoms with Crippen molar-refractivity contribution in [1.82, 2.24) is 5.32 Å². The molecule has 0 unspecified atom stereocenters. The van der Waals surface area contributed by atoms with Gasteiger partial charge in [0.2, 0.25) is 0 Å². The lowest BCUT2D eigenvalue weighted by molar-refractivity contribution is -0.385. The van der Waals surface area contributed by atoms with Crippen LogP contribution in [-0.2, 0) is 4.74 Å². The van der Waals surface area contributed by atoms with E-state index in [0.29, 0.717) is 26.2 Å². The Morgan fingerprint density at radius 2 is 2.10 bits per heavy atom. The number of nitro groups is 1. The Kier molecular flexibility index (Phi) is 7.31. The fourth-order valence-corrected chi connectivity index (χ4v) is 1.67. The third-order valence-corrected chi connectivity index (χ3v) is 2.79. The minimum absolute atomic E-state index is 0.271. The number of unbranched alkanes of at least 4 members (excludes halogenated alkanes) is 1. The van der Waals surface area contributed by atoms with E-state index in [0.717, 1.165) is 31.0 Å². The Labute approximate surface area is 122 Å². The fraction of sp³-hybridized carbons (Fsp3) is 0.500. The Bertz CT molecular complexity index is 494. The molecule has 0 heterocycles. The van der Waals surface area contributed by atoms with Crippen molar-refractivity contribution < 1.29 is 18.8 Å². The maximum Gasteiger partial charge on any atom is 0.282 e. The lowest BCUT2D eigenvalue weighted by atomic mass is 10.1. The zero-order valence-electron chi connectivity index (χ0n) is 11.9. The Morgan fingerprint density at radius 3 is 2.76 bits per heavy atom. The summed E-state index contributed by atoms with van der Waals surface area (Å²) in [7, 11) is 0. The summed E-state index contributed by atoms with van der Waals surface area (Å²) in [6.07, 6.45) is 2.64. The second-order valence-corrected chi connectivity index (χ2v) is 4.49. The Balaban J connectivity index is 2.45. The van der Waals surface area contributed by atoms with Gasteiger partial charge in [-0.3, -0.25) is 14.9 Å². The summed E-state index contributed by atoms with van der Waals surface area (Å²) >= 11 is 0. The summed E-state index contributed by atoms with van der Waals surface area (Å²) < 4.78 is 18.4. The van der Waals surface area contributed by atoms with Gasteiger partial charge in [0, 0.05) is 25.8 Å². The molecule has 1 rings (SSSR count). The molecule has 1 aromatic carbocycles. The van der Waals surface area contributed by atoms with Gasteiger partial charge in [-0.1, -0.05) is 13.3 Å². The molecule has 0 atom stereocenters. The molecule has 0 aliphatic heterocycles. The van der Waals surface area contributed by atoms with E-state index in [1.165, 1.54) is 0 Å². The average molecular weight is 298 g/mol. The van der Waals surface area contributed by atoms with E-state index in [1.54, 1.807) is 0 Å². The van der Waals surface area contributed by atoms with Gasteiger partial charge in [-0.15, -0.1) is 0 Å². The monoisotopic (exact) mass is 298 g/mol. The lowest BCUT2D eigenvalue weighted by Crippen LogP contribution is -2.26. The highest BCUT2D eigenvalue weighted by Gasteiger charge is 2.20. The number of hydrogen-bond donors (Lipinski definition) is 1. The zero-order valence-corrected chi connectivity index (χ0v) is 11.9. The van der Waals surface area contributed by atoms with Crippen molar-refractivity contribution in [2.75, 3.05) is 19.8 Å². The minimum Gasteiger partial charge on any atom is -0.381 e. The van der Waals surface area contributed by atoms with Gasteiger partial charge in [-0.25, -0.2) is 4.39 Å². The van der Waals surface area contributed by atoms with Crippen molar-refractivity contribution in [1.29, 1.82) is 0 Å². The number of amides is 1. The summed E-state index contributed by atoms with van der Waals surface area (Å²) in [5.41, 5.74) is -0.681. The van der Waals surface area contributed by atoms with Gasteiger partial charge in [-0.2, -0.15) is 0 Å². The van der Waals surface area contributed by atoms with E-state index in [9.17, 15) is 19.3 Å². The number of nitrogens with zero attached hydrogens (tertiary/aromatic N) is 1. The number of nitrogens with one attached hydrogen (secondary N) is 1. The molecular weight excluding hydrogens is 279 g/mol. The minimum atomic E-state index is -0.706. The van der Waals surface area contributed by atoms with Gasteiger partial charge < -0.3 is 10.1 Å². The molecule has 1 aromatic rings. The first-order valence-corrected chi connectivity index (χ1v) is 6.86. The van der Waals surface area contributed by atoms with Crippen LogP contribution >= 0.6 is 0 Å². The predicted molar refractivity (Wildman–Crippen MR) is 75.7 cm³/mol. The van der Waals surface area contributed by atoms with Crippen molar-refractivity contribution >= 4 is 11.6 Å². The molecule has 0 aromatic heterocycles. The van der Waals surface area contributed by atoms with Gasteiger partial charge in [-0.05, 0) is 25.0 Å². The van der Waals surface area contributed by atoms with E-state index in [-0.39, 0.29) is 5.56 Å². The van der Waals surface area contributed by atoms with Crippen LogP contribution in [0, 0.1) is 15.9 Å². The Hall–Kier alpha value is -2.02. The predicted octanol–water partition coefficient (Wildman–Crippen LogP) is 2.67. The van der Waals surface area contributed by atoms with Gasteiger partial charge in [0.15, 0.2) is 0 Å². The van der Waals surface area contributed by atoms with E-state index < -0.39 is 22.3 Å². The number of nitro benzene ring substituents is 1. The van der Waals surface area contributed by atoms with E-state index in [2.05, 4.69) is 12.2 Å². The van der Waals surface area contributed by atoms with Crippen LogP contribution in [0.5, 0.6) is 0 Å². The number of benzene rings is 1. The molecule has 0 bridgehead atoms. The SMILES string of the molecule is CCCCOCCCNC(=O)c1cc(F)ccc1[N+](=O)[O-]. The number of ether oxygens (including phenoxy) is 1. The van der Waals surface area contributed by atoms with Crippen molar-refractivity contribution in [3.05, 3.63) is 39.7 Å². The molecule has 0 aliphatic carbocycles. The normalized spacial score (nSPS) is 10.4. The van der Waals surface area contributed by atoms with Crippen LogP contribution in [0.25, 0.3) is 0 Å². The van der Waals surface area contributed by atoms with Crippen LogP contribution in [0.3, 0.4) is 0 Å². The lowest BCUT2D eigenvalue weighted by Gasteiger charge is -2.06. The Morgan fingerprint density at radius 1 is 1.38 bits per heavy atom. The van der Waals surface area contributed by atoms with Gasteiger partial charge in [0.1, 0.15) is 11.4 Å².